The standard InChI is InChI=1S/C23H17N3O3S/c27-20(11-26-12-24-22-21(23(26)28)15-5-3-7-19(15)30-22)25-13-8-9-18-16(10-13)14-4-1-2-6-17(14)29-18/h1-2,4,6,8-10,12H,3,5,7,11H2,(H,25,27). The molecule has 0 atom stereocenters. The van der Waals surface area contributed by atoms with Crippen LogP contribution in [0.2, 0.25) is 0 Å². The maximum atomic E-state index is 13.0. The van der Waals surface area contributed by atoms with E-state index in [-0.39, 0.29) is 18.0 Å². The Balaban J connectivity index is 1.30. The molecular formula is C23H17N3O3S. The molecule has 0 unspecified atom stereocenters. The van der Waals surface area contributed by atoms with Crippen LogP contribution in [-0.2, 0) is 24.2 Å². The van der Waals surface area contributed by atoms with Gasteiger partial charge in [-0.25, -0.2) is 4.98 Å². The van der Waals surface area contributed by atoms with Crippen molar-refractivity contribution in [2.24, 2.45) is 0 Å². The predicted octanol–water partition coefficient (Wildman–Crippen LogP) is 4.48. The van der Waals surface area contributed by atoms with E-state index in [2.05, 4.69) is 10.3 Å². The zero-order valence-electron chi connectivity index (χ0n) is 16.0. The van der Waals surface area contributed by atoms with E-state index in [1.807, 2.05) is 36.4 Å². The van der Waals surface area contributed by atoms with Crippen LogP contribution in [0.15, 0.2) is 58.0 Å². The number of nitrogens with zero attached hydrogens (tertiary/aromatic N) is 2. The quantitative estimate of drug-likeness (QED) is 0.471. The van der Waals surface area contributed by atoms with Gasteiger partial charge in [0, 0.05) is 21.3 Å². The molecule has 3 heterocycles. The van der Waals surface area contributed by atoms with Crippen molar-refractivity contribution in [1.82, 2.24) is 9.55 Å². The summed E-state index contributed by atoms with van der Waals surface area (Å²) >= 11 is 1.60. The van der Waals surface area contributed by atoms with E-state index in [0.29, 0.717) is 11.1 Å². The number of amides is 1. The number of nitrogens with one attached hydrogen (secondary N) is 1. The number of anilines is 1. The number of furan rings is 1. The van der Waals surface area contributed by atoms with Crippen molar-refractivity contribution in [3.05, 3.63) is 69.6 Å². The molecule has 148 valence electrons. The van der Waals surface area contributed by atoms with Crippen molar-refractivity contribution in [3.63, 3.8) is 0 Å². The number of hydrogen-bond donors (Lipinski definition) is 1. The molecule has 6 rings (SSSR count). The number of carbonyl (C=O) groups is 1. The van der Waals surface area contributed by atoms with Gasteiger partial charge in [-0.1, -0.05) is 18.2 Å². The maximum absolute atomic E-state index is 13.0. The lowest BCUT2D eigenvalue weighted by Crippen LogP contribution is -2.28. The van der Waals surface area contributed by atoms with Crippen LogP contribution in [-0.4, -0.2) is 15.5 Å². The third-order valence-electron chi connectivity index (χ3n) is 5.67. The van der Waals surface area contributed by atoms with Crippen molar-refractivity contribution in [2.45, 2.75) is 25.8 Å². The van der Waals surface area contributed by atoms with Crippen LogP contribution in [0.3, 0.4) is 0 Å². The Morgan fingerprint density at radius 3 is 2.93 bits per heavy atom. The van der Waals surface area contributed by atoms with Gasteiger partial charge in [0.05, 0.1) is 11.7 Å². The predicted molar refractivity (Wildman–Crippen MR) is 118 cm³/mol. The van der Waals surface area contributed by atoms with Crippen LogP contribution in [0.5, 0.6) is 0 Å². The van der Waals surface area contributed by atoms with Gasteiger partial charge in [0.2, 0.25) is 5.91 Å². The molecule has 0 spiro atoms. The average molecular weight is 415 g/mol. The number of hydrogen-bond acceptors (Lipinski definition) is 5. The van der Waals surface area contributed by atoms with E-state index < -0.39 is 0 Å². The van der Waals surface area contributed by atoms with Crippen molar-refractivity contribution < 1.29 is 9.21 Å². The summed E-state index contributed by atoms with van der Waals surface area (Å²) in [5.74, 6) is -0.266. The van der Waals surface area contributed by atoms with Gasteiger partial charge in [-0.2, -0.15) is 0 Å². The fourth-order valence-corrected chi connectivity index (χ4v) is 5.51. The van der Waals surface area contributed by atoms with E-state index in [4.69, 9.17) is 4.42 Å². The molecule has 5 aromatic rings. The van der Waals surface area contributed by atoms with Crippen LogP contribution in [0, 0.1) is 0 Å². The average Bonchev–Trinajstić information content (AvgIpc) is 3.42. The molecule has 0 bridgehead atoms. The van der Waals surface area contributed by atoms with Crippen LogP contribution in [0.25, 0.3) is 32.2 Å². The van der Waals surface area contributed by atoms with Crippen molar-refractivity contribution in [1.29, 1.82) is 0 Å². The molecule has 1 N–H and O–H groups in total. The molecule has 3 aromatic heterocycles. The topological polar surface area (TPSA) is 77.1 Å². The van der Waals surface area contributed by atoms with Crippen LogP contribution < -0.4 is 10.9 Å². The largest absolute Gasteiger partial charge is 0.456 e. The second-order valence-corrected chi connectivity index (χ2v) is 8.66. The molecule has 6 nitrogen and oxygen atoms in total. The maximum Gasteiger partial charge on any atom is 0.262 e. The summed E-state index contributed by atoms with van der Waals surface area (Å²) in [7, 11) is 0. The van der Waals surface area contributed by atoms with Crippen LogP contribution >= 0.6 is 11.3 Å². The molecule has 0 radical (unpaired) electrons. The van der Waals surface area contributed by atoms with Gasteiger partial charge in [-0.3, -0.25) is 14.2 Å². The first kappa shape index (κ1) is 17.4. The normalized spacial score (nSPS) is 13.3. The van der Waals surface area contributed by atoms with E-state index in [1.165, 1.54) is 15.8 Å². The summed E-state index contributed by atoms with van der Waals surface area (Å²) in [6.45, 7) is -0.0729. The van der Waals surface area contributed by atoms with Crippen molar-refractivity contribution in [2.75, 3.05) is 5.32 Å². The second kappa shape index (κ2) is 6.53. The smallest absolute Gasteiger partial charge is 0.262 e. The van der Waals surface area contributed by atoms with Gasteiger partial charge in [-0.05, 0) is 49.1 Å². The number of carbonyl (C=O) groups excluding carboxylic acids is 1. The minimum absolute atomic E-state index is 0.0729. The molecule has 0 saturated carbocycles. The molecule has 0 aliphatic heterocycles. The number of thiophene rings is 1. The Bertz CT molecular complexity index is 1530. The zero-order chi connectivity index (χ0) is 20.2. The first-order valence-corrected chi connectivity index (χ1v) is 10.7. The summed E-state index contributed by atoms with van der Waals surface area (Å²) in [5, 5.41) is 5.52. The fraction of sp³-hybridized carbons (Fsp3) is 0.174. The highest BCUT2D eigenvalue weighted by Gasteiger charge is 2.21. The number of rotatable bonds is 3. The third kappa shape index (κ3) is 2.66. The number of aryl methyl sites for hydroxylation is 2. The first-order valence-electron chi connectivity index (χ1n) is 9.88. The van der Waals surface area contributed by atoms with Gasteiger partial charge in [0.1, 0.15) is 22.5 Å². The summed E-state index contributed by atoms with van der Waals surface area (Å²) in [5.41, 5.74) is 3.24. The lowest BCUT2D eigenvalue weighted by atomic mass is 10.1. The van der Waals surface area contributed by atoms with E-state index in [0.717, 1.165) is 51.6 Å². The second-order valence-electron chi connectivity index (χ2n) is 7.57. The molecular weight excluding hydrogens is 398 g/mol. The first-order chi connectivity index (χ1) is 14.7. The third-order valence-corrected chi connectivity index (χ3v) is 6.87. The minimum atomic E-state index is -0.266. The summed E-state index contributed by atoms with van der Waals surface area (Å²) < 4.78 is 7.23. The van der Waals surface area contributed by atoms with Crippen molar-refractivity contribution in [3.8, 4) is 0 Å². The van der Waals surface area contributed by atoms with Gasteiger partial charge < -0.3 is 9.73 Å². The Morgan fingerprint density at radius 2 is 2.00 bits per heavy atom. The van der Waals surface area contributed by atoms with Crippen LogP contribution in [0.1, 0.15) is 16.9 Å². The highest BCUT2D eigenvalue weighted by Crippen LogP contribution is 2.34. The lowest BCUT2D eigenvalue weighted by molar-refractivity contribution is -0.116. The highest BCUT2D eigenvalue weighted by molar-refractivity contribution is 7.18. The van der Waals surface area contributed by atoms with Crippen molar-refractivity contribution >= 4 is 55.1 Å². The summed E-state index contributed by atoms with van der Waals surface area (Å²) in [6, 6.07) is 13.3. The fourth-order valence-electron chi connectivity index (χ4n) is 4.29. The number of benzene rings is 2. The van der Waals surface area contributed by atoms with Gasteiger partial charge in [-0.15, -0.1) is 11.3 Å². The number of para-hydroxylation sites is 1. The Labute approximate surface area is 174 Å². The Hall–Kier alpha value is -3.45. The summed E-state index contributed by atoms with van der Waals surface area (Å²) in [6.07, 6.45) is 4.49. The SMILES string of the molecule is O=C(Cn1cnc2sc3c(c2c1=O)CCC3)Nc1ccc2oc3ccccc3c2c1. The molecule has 1 aliphatic rings. The molecule has 2 aromatic carbocycles. The number of fused-ring (bicyclic) bond motifs is 6. The Morgan fingerprint density at radius 1 is 1.13 bits per heavy atom. The molecule has 0 saturated heterocycles. The number of aromatic nitrogens is 2. The summed E-state index contributed by atoms with van der Waals surface area (Å²) in [4.78, 5) is 32.1. The van der Waals surface area contributed by atoms with Gasteiger partial charge >= 0.3 is 0 Å². The molecule has 1 amide bonds. The molecule has 7 heteroatoms. The van der Waals surface area contributed by atoms with Gasteiger partial charge in [0.25, 0.3) is 5.56 Å². The van der Waals surface area contributed by atoms with E-state index >= 15 is 0 Å². The minimum Gasteiger partial charge on any atom is -0.456 e. The lowest BCUT2D eigenvalue weighted by Gasteiger charge is -2.08. The molecule has 1 aliphatic carbocycles. The highest BCUT2D eigenvalue weighted by atomic mass is 32.1. The molecule has 0 fully saturated rings. The molecule has 30 heavy (non-hydrogen) atoms. The van der Waals surface area contributed by atoms with E-state index in [9.17, 15) is 9.59 Å². The Kier molecular flexibility index (Phi) is 3.79. The van der Waals surface area contributed by atoms with Gasteiger partial charge in [0.15, 0.2) is 0 Å². The monoisotopic (exact) mass is 415 g/mol. The zero-order valence-corrected chi connectivity index (χ0v) is 16.8. The van der Waals surface area contributed by atoms with Crippen LogP contribution in [0.4, 0.5) is 5.69 Å². The van der Waals surface area contributed by atoms with E-state index in [1.54, 1.807) is 17.4 Å².